The van der Waals surface area contributed by atoms with Crippen LogP contribution in [-0.4, -0.2) is 10.8 Å². The van der Waals surface area contributed by atoms with E-state index in [9.17, 15) is 14.9 Å². The van der Waals surface area contributed by atoms with Crippen LogP contribution in [0.25, 0.3) is 6.08 Å². The number of nitro benzene ring substituents is 1. The number of amides is 1. The number of halogens is 1. The predicted octanol–water partition coefficient (Wildman–Crippen LogP) is 4.25. The Bertz CT molecular complexity index is 742. The SMILES string of the molecule is CC(NC(=O)C=Cc1ccccc1[N+](=O)[O-])c1ccc(Br)cc1. The molecule has 0 saturated carbocycles. The summed E-state index contributed by atoms with van der Waals surface area (Å²) in [5, 5.41) is 13.7. The molecule has 118 valence electrons. The summed E-state index contributed by atoms with van der Waals surface area (Å²) in [6, 6.07) is 13.8. The lowest BCUT2D eigenvalue weighted by atomic mass is 10.1. The van der Waals surface area contributed by atoms with Crippen LogP contribution in [-0.2, 0) is 4.79 Å². The molecule has 2 aromatic rings. The number of nitro groups is 1. The van der Waals surface area contributed by atoms with E-state index >= 15 is 0 Å². The first-order chi connectivity index (χ1) is 11.0. The smallest absolute Gasteiger partial charge is 0.276 e. The molecule has 1 unspecified atom stereocenters. The summed E-state index contributed by atoms with van der Waals surface area (Å²) < 4.78 is 0.969. The molecule has 1 N–H and O–H groups in total. The molecule has 0 spiro atoms. The number of hydrogen-bond acceptors (Lipinski definition) is 3. The van der Waals surface area contributed by atoms with Gasteiger partial charge in [-0.3, -0.25) is 14.9 Å². The third kappa shape index (κ3) is 4.75. The van der Waals surface area contributed by atoms with Crippen molar-refractivity contribution in [2.24, 2.45) is 0 Å². The average molecular weight is 375 g/mol. The summed E-state index contributed by atoms with van der Waals surface area (Å²) in [5.41, 5.74) is 1.34. The molecule has 5 nitrogen and oxygen atoms in total. The van der Waals surface area contributed by atoms with Gasteiger partial charge in [-0.15, -0.1) is 0 Å². The Morgan fingerprint density at radius 2 is 1.87 bits per heavy atom. The molecule has 0 aliphatic rings. The van der Waals surface area contributed by atoms with Crippen molar-refractivity contribution < 1.29 is 9.72 Å². The summed E-state index contributed by atoms with van der Waals surface area (Å²) in [6.45, 7) is 1.87. The van der Waals surface area contributed by atoms with Crippen molar-refractivity contribution in [1.29, 1.82) is 0 Å². The average Bonchev–Trinajstić information content (AvgIpc) is 2.53. The molecule has 6 heteroatoms. The van der Waals surface area contributed by atoms with E-state index in [4.69, 9.17) is 0 Å². The van der Waals surface area contributed by atoms with E-state index < -0.39 is 4.92 Å². The van der Waals surface area contributed by atoms with E-state index in [-0.39, 0.29) is 17.6 Å². The molecule has 0 bridgehead atoms. The largest absolute Gasteiger partial charge is 0.346 e. The zero-order valence-electron chi connectivity index (χ0n) is 12.4. The first-order valence-corrected chi connectivity index (χ1v) is 7.74. The van der Waals surface area contributed by atoms with E-state index in [0.29, 0.717) is 5.56 Å². The van der Waals surface area contributed by atoms with Gasteiger partial charge in [0.2, 0.25) is 5.91 Å². The van der Waals surface area contributed by atoms with Crippen LogP contribution < -0.4 is 5.32 Å². The van der Waals surface area contributed by atoms with Crippen LogP contribution in [0.1, 0.15) is 24.1 Å². The first kappa shape index (κ1) is 16.9. The lowest BCUT2D eigenvalue weighted by Crippen LogP contribution is -2.24. The van der Waals surface area contributed by atoms with Gasteiger partial charge in [0.15, 0.2) is 0 Å². The summed E-state index contributed by atoms with van der Waals surface area (Å²) >= 11 is 3.36. The van der Waals surface area contributed by atoms with Gasteiger partial charge in [0.05, 0.1) is 16.5 Å². The maximum absolute atomic E-state index is 12.0. The second kappa shape index (κ2) is 7.69. The molecule has 0 radical (unpaired) electrons. The summed E-state index contributed by atoms with van der Waals surface area (Å²) in [5.74, 6) is -0.307. The number of rotatable bonds is 5. The van der Waals surface area contributed by atoms with Crippen molar-refractivity contribution in [2.45, 2.75) is 13.0 Å². The molecule has 0 heterocycles. The molecular weight excluding hydrogens is 360 g/mol. The maximum Gasteiger partial charge on any atom is 0.276 e. The molecule has 0 fully saturated rings. The van der Waals surface area contributed by atoms with Gasteiger partial charge < -0.3 is 5.32 Å². The van der Waals surface area contributed by atoms with Crippen LogP contribution in [0.3, 0.4) is 0 Å². The summed E-state index contributed by atoms with van der Waals surface area (Å²) in [7, 11) is 0. The van der Waals surface area contributed by atoms with Gasteiger partial charge in [-0.25, -0.2) is 0 Å². The van der Waals surface area contributed by atoms with Gasteiger partial charge >= 0.3 is 0 Å². The van der Waals surface area contributed by atoms with Crippen LogP contribution in [0.15, 0.2) is 59.1 Å². The third-order valence-electron chi connectivity index (χ3n) is 3.28. The molecule has 0 saturated heterocycles. The number of carbonyl (C=O) groups excluding carboxylic acids is 1. The van der Waals surface area contributed by atoms with Crippen molar-refractivity contribution in [3.8, 4) is 0 Å². The number of hydrogen-bond donors (Lipinski definition) is 1. The van der Waals surface area contributed by atoms with Crippen molar-refractivity contribution in [2.75, 3.05) is 0 Å². The third-order valence-corrected chi connectivity index (χ3v) is 3.81. The van der Waals surface area contributed by atoms with Gasteiger partial charge in [-0.05, 0) is 36.8 Å². The van der Waals surface area contributed by atoms with Gasteiger partial charge in [0, 0.05) is 16.6 Å². The van der Waals surface area contributed by atoms with E-state index in [1.165, 1.54) is 18.2 Å². The van der Waals surface area contributed by atoms with E-state index in [1.807, 2.05) is 31.2 Å². The van der Waals surface area contributed by atoms with Crippen molar-refractivity contribution in [1.82, 2.24) is 5.32 Å². The zero-order valence-corrected chi connectivity index (χ0v) is 14.0. The quantitative estimate of drug-likeness (QED) is 0.483. The lowest BCUT2D eigenvalue weighted by molar-refractivity contribution is -0.385. The van der Waals surface area contributed by atoms with Crippen LogP contribution in [0.4, 0.5) is 5.69 Å². The predicted molar refractivity (Wildman–Crippen MR) is 92.8 cm³/mol. The summed E-state index contributed by atoms with van der Waals surface area (Å²) in [6.07, 6.45) is 2.75. The van der Waals surface area contributed by atoms with Crippen LogP contribution in [0.2, 0.25) is 0 Å². The summed E-state index contributed by atoms with van der Waals surface area (Å²) in [4.78, 5) is 22.4. The second-order valence-electron chi connectivity index (χ2n) is 4.93. The minimum atomic E-state index is -0.470. The van der Waals surface area contributed by atoms with Crippen molar-refractivity contribution >= 4 is 33.6 Å². The van der Waals surface area contributed by atoms with Gasteiger partial charge in [-0.1, -0.05) is 40.2 Å². The minimum Gasteiger partial charge on any atom is -0.346 e. The van der Waals surface area contributed by atoms with E-state index in [2.05, 4.69) is 21.2 Å². The van der Waals surface area contributed by atoms with E-state index in [0.717, 1.165) is 10.0 Å². The first-order valence-electron chi connectivity index (χ1n) is 6.95. The van der Waals surface area contributed by atoms with Gasteiger partial charge in [-0.2, -0.15) is 0 Å². The van der Waals surface area contributed by atoms with Crippen LogP contribution >= 0.6 is 15.9 Å². The Labute approximate surface area is 142 Å². The lowest BCUT2D eigenvalue weighted by Gasteiger charge is -2.12. The van der Waals surface area contributed by atoms with Crippen molar-refractivity contribution in [3.63, 3.8) is 0 Å². The number of carbonyl (C=O) groups is 1. The molecule has 0 aliphatic carbocycles. The standard InChI is InChI=1S/C17H15BrN2O3/c1-12(13-6-9-15(18)10-7-13)19-17(21)11-8-14-4-2-3-5-16(14)20(22)23/h2-12H,1H3,(H,19,21). The number of nitrogens with zero attached hydrogens (tertiary/aromatic N) is 1. The fourth-order valence-electron chi connectivity index (χ4n) is 2.06. The second-order valence-corrected chi connectivity index (χ2v) is 5.85. The van der Waals surface area contributed by atoms with Crippen LogP contribution in [0.5, 0.6) is 0 Å². The van der Waals surface area contributed by atoms with Gasteiger partial charge in [0.25, 0.3) is 5.69 Å². The topological polar surface area (TPSA) is 72.2 Å². The molecule has 1 amide bonds. The Balaban J connectivity index is 2.04. The molecule has 2 aromatic carbocycles. The fraction of sp³-hybridized carbons (Fsp3) is 0.118. The molecule has 0 aliphatic heterocycles. The minimum absolute atomic E-state index is 0.0301. The Morgan fingerprint density at radius 3 is 2.52 bits per heavy atom. The Morgan fingerprint density at radius 1 is 1.22 bits per heavy atom. The monoisotopic (exact) mass is 374 g/mol. The highest BCUT2D eigenvalue weighted by atomic mass is 79.9. The fourth-order valence-corrected chi connectivity index (χ4v) is 2.32. The highest BCUT2D eigenvalue weighted by molar-refractivity contribution is 9.10. The number of nitrogens with one attached hydrogen (secondary N) is 1. The maximum atomic E-state index is 12.0. The Kier molecular flexibility index (Phi) is 5.65. The highest BCUT2D eigenvalue weighted by Crippen LogP contribution is 2.19. The normalized spacial score (nSPS) is 12.1. The molecule has 2 rings (SSSR count). The number of para-hydroxylation sites is 1. The molecule has 1 atom stereocenters. The van der Waals surface area contributed by atoms with Gasteiger partial charge in [0.1, 0.15) is 0 Å². The van der Waals surface area contributed by atoms with Crippen LogP contribution in [0, 0.1) is 10.1 Å². The zero-order chi connectivity index (χ0) is 16.8. The molecule has 23 heavy (non-hydrogen) atoms. The molecular formula is C17H15BrN2O3. The Hall–Kier alpha value is -2.47. The van der Waals surface area contributed by atoms with Crippen molar-refractivity contribution in [3.05, 3.63) is 80.3 Å². The number of benzene rings is 2. The van der Waals surface area contributed by atoms with E-state index in [1.54, 1.807) is 18.2 Å². The highest BCUT2D eigenvalue weighted by Gasteiger charge is 2.11. The molecule has 0 aromatic heterocycles.